The van der Waals surface area contributed by atoms with E-state index in [0.717, 1.165) is 30.3 Å². The fraction of sp³-hybridized carbons (Fsp3) is 0.235. The monoisotopic (exact) mass is 524 g/mol. The van der Waals surface area contributed by atoms with Gasteiger partial charge in [0, 0.05) is 5.69 Å². The largest absolute Gasteiger partial charge is 0.426 e. The Labute approximate surface area is 187 Å². The quantitative estimate of drug-likeness (QED) is 0.476. The lowest BCUT2D eigenvalue weighted by Crippen LogP contribution is -2.52. The Balaban J connectivity index is 2.30. The second-order valence-corrected chi connectivity index (χ2v) is 8.96. The summed E-state index contributed by atoms with van der Waals surface area (Å²) in [6.45, 7) is 0.209. The minimum atomic E-state index is -5.30. The van der Waals surface area contributed by atoms with Gasteiger partial charge in [0.05, 0.1) is 26.2 Å². The van der Waals surface area contributed by atoms with Crippen LogP contribution in [-0.2, 0) is 21.0 Å². The summed E-state index contributed by atoms with van der Waals surface area (Å²) in [5.74, 6) is -1.87. The lowest BCUT2D eigenvalue weighted by Gasteiger charge is -2.25. The molecule has 0 unspecified atom stereocenters. The van der Waals surface area contributed by atoms with Crippen molar-refractivity contribution in [3.8, 4) is 0 Å². The molecular formula is C17H12Cl2F6N2O4S. The molecule has 15 heteroatoms. The first-order valence-electron chi connectivity index (χ1n) is 8.16. The van der Waals surface area contributed by atoms with E-state index in [-0.39, 0.29) is 6.92 Å². The molecule has 0 saturated carbocycles. The molecule has 2 aromatic carbocycles. The average molecular weight is 525 g/mol. The van der Waals surface area contributed by atoms with Gasteiger partial charge in [-0.2, -0.15) is 26.3 Å². The van der Waals surface area contributed by atoms with Crippen LogP contribution in [0.3, 0.4) is 0 Å². The summed E-state index contributed by atoms with van der Waals surface area (Å²) < 4.78 is 104. The number of anilines is 2. The zero-order valence-electron chi connectivity index (χ0n) is 15.6. The number of halogens is 8. The van der Waals surface area contributed by atoms with Crippen LogP contribution < -0.4 is 10.0 Å². The van der Waals surface area contributed by atoms with E-state index in [0.29, 0.717) is 6.07 Å². The molecule has 0 fully saturated rings. The highest BCUT2D eigenvalue weighted by Crippen LogP contribution is 2.37. The fourth-order valence-electron chi connectivity index (χ4n) is 2.16. The van der Waals surface area contributed by atoms with E-state index in [1.54, 1.807) is 5.32 Å². The van der Waals surface area contributed by atoms with E-state index in [4.69, 9.17) is 23.2 Å². The SMILES string of the molecule is C[C@@](O)(C(=O)Nc1ccc(S(=O)(=O)Nc2ccc(Cl)c(C(F)(F)F)c2)cc1Cl)C(F)(F)F. The van der Waals surface area contributed by atoms with Crippen molar-refractivity contribution in [2.24, 2.45) is 0 Å². The molecule has 2 rings (SSSR count). The number of aliphatic hydroxyl groups is 1. The minimum absolute atomic E-state index is 0.209. The number of benzene rings is 2. The van der Waals surface area contributed by atoms with Gasteiger partial charge in [-0.25, -0.2) is 8.42 Å². The summed E-state index contributed by atoms with van der Waals surface area (Å²) >= 11 is 11.3. The van der Waals surface area contributed by atoms with E-state index in [1.165, 1.54) is 0 Å². The Kier molecular flexibility index (Phi) is 7.01. The van der Waals surface area contributed by atoms with E-state index in [2.05, 4.69) is 0 Å². The zero-order chi connectivity index (χ0) is 24.7. The van der Waals surface area contributed by atoms with Crippen LogP contribution in [0.15, 0.2) is 41.3 Å². The average Bonchev–Trinajstić information content (AvgIpc) is 2.62. The van der Waals surface area contributed by atoms with Gasteiger partial charge in [-0.15, -0.1) is 0 Å². The van der Waals surface area contributed by atoms with Crippen molar-refractivity contribution in [3.05, 3.63) is 52.0 Å². The molecule has 32 heavy (non-hydrogen) atoms. The smallest absolute Gasteiger partial charge is 0.373 e. The first-order valence-corrected chi connectivity index (χ1v) is 10.4. The molecule has 6 nitrogen and oxygen atoms in total. The Hall–Kier alpha value is -2.22. The summed E-state index contributed by atoms with van der Waals surface area (Å²) in [6.07, 6.45) is -10.1. The van der Waals surface area contributed by atoms with Crippen LogP contribution in [0.25, 0.3) is 0 Å². The van der Waals surface area contributed by atoms with E-state index in [9.17, 15) is 44.7 Å². The van der Waals surface area contributed by atoms with Crippen LogP contribution in [0.5, 0.6) is 0 Å². The van der Waals surface area contributed by atoms with Crippen LogP contribution >= 0.6 is 23.2 Å². The zero-order valence-corrected chi connectivity index (χ0v) is 17.9. The maximum atomic E-state index is 12.9. The van der Waals surface area contributed by atoms with Gasteiger partial charge in [0.1, 0.15) is 0 Å². The molecule has 0 bridgehead atoms. The Bertz CT molecular complexity index is 1150. The van der Waals surface area contributed by atoms with Gasteiger partial charge >= 0.3 is 12.4 Å². The number of hydrogen-bond donors (Lipinski definition) is 3. The van der Waals surface area contributed by atoms with Gasteiger partial charge in [0.15, 0.2) is 0 Å². The molecule has 0 aromatic heterocycles. The van der Waals surface area contributed by atoms with E-state index < -0.39 is 65.8 Å². The van der Waals surface area contributed by atoms with Gasteiger partial charge < -0.3 is 10.4 Å². The standard InChI is InChI=1S/C17H12Cl2F6N2O4S/c1-15(29,17(23,24)25)14(28)26-13-5-3-9(7-12(13)19)32(30,31)27-8-2-4-11(18)10(6-8)16(20,21)22/h2-7,27,29H,1H3,(H,26,28)/t15-/m1/s1. The fourth-order valence-corrected chi connectivity index (χ4v) is 3.75. The van der Waals surface area contributed by atoms with Crippen molar-refractivity contribution < 1.29 is 44.7 Å². The number of rotatable bonds is 5. The second-order valence-electron chi connectivity index (χ2n) is 6.46. The highest BCUT2D eigenvalue weighted by Gasteiger charge is 2.55. The summed E-state index contributed by atoms with van der Waals surface area (Å²) in [5.41, 5.74) is -5.97. The van der Waals surface area contributed by atoms with Crippen molar-refractivity contribution in [2.75, 3.05) is 10.0 Å². The van der Waals surface area contributed by atoms with Crippen molar-refractivity contribution in [2.45, 2.75) is 29.8 Å². The molecule has 3 N–H and O–H groups in total. The Morgan fingerprint density at radius 2 is 1.56 bits per heavy atom. The predicted molar refractivity (Wildman–Crippen MR) is 104 cm³/mol. The molecule has 0 heterocycles. The summed E-state index contributed by atoms with van der Waals surface area (Å²) in [6, 6.07) is 4.68. The summed E-state index contributed by atoms with van der Waals surface area (Å²) in [7, 11) is -4.49. The Morgan fingerprint density at radius 1 is 0.969 bits per heavy atom. The van der Waals surface area contributed by atoms with Crippen molar-refractivity contribution in [1.29, 1.82) is 0 Å². The number of carbonyl (C=O) groups is 1. The number of carbonyl (C=O) groups excluding carboxylic acids is 1. The van der Waals surface area contributed by atoms with Crippen LogP contribution in [-0.4, -0.2) is 31.2 Å². The normalized spacial score (nSPS) is 14.6. The number of amides is 1. The molecule has 0 aliphatic carbocycles. The first-order chi connectivity index (χ1) is 14.4. The number of hydrogen-bond acceptors (Lipinski definition) is 4. The van der Waals surface area contributed by atoms with E-state index in [1.807, 2.05) is 4.72 Å². The molecule has 1 amide bonds. The molecule has 176 valence electrons. The lowest BCUT2D eigenvalue weighted by atomic mass is 10.1. The minimum Gasteiger partial charge on any atom is -0.373 e. The number of sulfonamides is 1. The summed E-state index contributed by atoms with van der Waals surface area (Å²) in [4.78, 5) is 11.1. The van der Waals surface area contributed by atoms with Gasteiger partial charge in [0.25, 0.3) is 15.9 Å². The molecule has 0 aliphatic heterocycles. The highest BCUT2D eigenvalue weighted by atomic mass is 35.5. The highest BCUT2D eigenvalue weighted by molar-refractivity contribution is 7.92. The molecule has 0 saturated heterocycles. The number of nitrogens with one attached hydrogen (secondary N) is 2. The first kappa shape index (κ1) is 26.0. The van der Waals surface area contributed by atoms with Crippen LogP contribution in [0.4, 0.5) is 37.7 Å². The van der Waals surface area contributed by atoms with Gasteiger partial charge in [-0.1, -0.05) is 23.2 Å². The third-order valence-corrected chi connectivity index (χ3v) is 6.04. The van der Waals surface area contributed by atoms with Crippen LogP contribution in [0, 0.1) is 0 Å². The van der Waals surface area contributed by atoms with Gasteiger partial charge in [0.2, 0.25) is 5.60 Å². The maximum Gasteiger partial charge on any atom is 0.426 e. The van der Waals surface area contributed by atoms with Crippen LogP contribution in [0.2, 0.25) is 10.0 Å². The maximum absolute atomic E-state index is 12.9. The lowest BCUT2D eigenvalue weighted by molar-refractivity contribution is -0.242. The van der Waals surface area contributed by atoms with Crippen molar-refractivity contribution in [3.63, 3.8) is 0 Å². The molecule has 0 aliphatic rings. The molecule has 0 radical (unpaired) electrons. The second kappa shape index (κ2) is 8.61. The third kappa shape index (κ3) is 5.57. The van der Waals surface area contributed by atoms with E-state index >= 15 is 0 Å². The Morgan fingerprint density at radius 3 is 2.06 bits per heavy atom. The third-order valence-electron chi connectivity index (χ3n) is 4.02. The molecule has 1 atom stereocenters. The van der Waals surface area contributed by atoms with Crippen molar-refractivity contribution >= 4 is 50.5 Å². The van der Waals surface area contributed by atoms with Gasteiger partial charge in [-0.05, 0) is 43.3 Å². The van der Waals surface area contributed by atoms with Crippen molar-refractivity contribution in [1.82, 2.24) is 0 Å². The molecule has 2 aromatic rings. The summed E-state index contributed by atoms with van der Waals surface area (Å²) in [5, 5.41) is 9.89. The molecular weight excluding hydrogens is 513 g/mol. The van der Waals surface area contributed by atoms with Gasteiger partial charge in [-0.3, -0.25) is 9.52 Å². The molecule has 0 spiro atoms. The topological polar surface area (TPSA) is 95.5 Å². The predicted octanol–water partition coefficient (Wildman–Crippen LogP) is 5.06. The number of alkyl halides is 6. The van der Waals surface area contributed by atoms with Crippen LogP contribution in [0.1, 0.15) is 12.5 Å².